The fourth-order valence-corrected chi connectivity index (χ4v) is 2.79. The van der Waals surface area contributed by atoms with Crippen molar-refractivity contribution in [2.75, 3.05) is 0 Å². The first-order chi connectivity index (χ1) is 6.34. The molecule has 0 aromatic heterocycles. The van der Waals surface area contributed by atoms with Crippen molar-refractivity contribution < 1.29 is 0 Å². The molecule has 0 aliphatic carbocycles. The Morgan fingerprint density at radius 3 is 2.07 bits per heavy atom. The summed E-state index contributed by atoms with van der Waals surface area (Å²) in [5.41, 5.74) is 3.10. The van der Waals surface area contributed by atoms with Crippen LogP contribution in [0.1, 0.15) is 51.7 Å². The van der Waals surface area contributed by atoms with Crippen LogP contribution in [-0.4, -0.2) is 0 Å². The van der Waals surface area contributed by atoms with Crippen LogP contribution in [0.15, 0.2) is 22.7 Å². The van der Waals surface area contributed by atoms with Crippen LogP contribution >= 0.6 is 15.9 Å². The van der Waals surface area contributed by atoms with Crippen molar-refractivity contribution in [1.82, 2.24) is 0 Å². The van der Waals surface area contributed by atoms with Crippen molar-refractivity contribution in [3.05, 3.63) is 33.8 Å². The molecule has 0 bridgehead atoms. The minimum atomic E-state index is 0.208. The van der Waals surface area contributed by atoms with Crippen LogP contribution in [-0.2, 0) is 5.41 Å². The van der Waals surface area contributed by atoms with Gasteiger partial charge < -0.3 is 0 Å². The lowest BCUT2D eigenvalue weighted by Crippen LogP contribution is -2.15. The Bertz CT molecular complexity index is 318. The molecule has 0 spiro atoms. The van der Waals surface area contributed by atoms with E-state index in [0.717, 1.165) is 0 Å². The molecule has 0 atom stereocenters. The molecule has 0 aliphatic rings. The SMILES string of the molecule is CC(C)c1cccc(Br)c1C(C)(C)C. The van der Waals surface area contributed by atoms with Gasteiger partial charge in [-0.15, -0.1) is 0 Å². The molecule has 0 heterocycles. The summed E-state index contributed by atoms with van der Waals surface area (Å²) in [4.78, 5) is 0. The van der Waals surface area contributed by atoms with Crippen LogP contribution in [0.5, 0.6) is 0 Å². The molecular formula is C13H19Br. The molecule has 1 aromatic carbocycles. The van der Waals surface area contributed by atoms with E-state index in [1.807, 2.05) is 0 Å². The van der Waals surface area contributed by atoms with Gasteiger partial charge in [-0.3, -0.25) is 0 Å². The lowest BCUT2D eigenvalue weighted by Gasteiger charge is -2.26. The molecule has 1 heteroatoms. The van der Waals surface area contributed by atoms with E-state index in [1.54, 1.807) is 0 Å². The van der Waals surface area contributed by atoms with Gasteiger partial charge >= 0.3 is 0 Å². The number of rotatable bonds is 1. The lowest BCUT2D eigenvalue weighted by atomic mass is 9.81. The average molecular weight is 255 g/mol. The van der Waals surface area contributed by atoms with Gasteiger partial charge in [-0.1, -0.05) is 62.7 Å². The third kappa shape index (κ3) is 2.38. The van der Waals surface area contributed by atoms with Gasteiger partial charge in [0.1, 0.15) is 0 Å². The van der Waals surface area contributed by atoms with E-state index in [9.17, 15) is 0 Å². The zero-order chi connectivity index (χ0) is 10.9. The van der Waals surface area contributed by atoms with E-state index in [1.165, 1.54) is 15.6 Å². The average Bonchev–Trinajstić information content (AvgIpc) is 2.01. The Labute approximate surface area is 95.9 Å². The van der Waals surface area contributed by atoms with Gasteiger partial charge in [0, 0.05) is 4.47 Å². The highest BCUT2D eigenvalue weighted by atomic mass is 79.9. The van der Waals surface area contributed by atoms with E-state index < -0.39 is 0 Å². The fraction of sp³-hybridized carbons (Fsp3) is 0.538. The Balaban J connectivity index is 3.38. The molecule has 0 amide bonds. The van der Waals surface area contributed by atoms with Crippen LogP contribution in [0, 0.1) is 0 Å². The van der Waals surface area contributed by atoms with Crippen molar-refractivity contribution >= 4 is 15.9 Å². The monoisotopic (exact) mass is 254 g/mol. The van der Waals surface area contributed by atoms with Crippen molar-refractivity contribution in [2.45, 2.75) is 46.0 Å². The maximum absolute atomic E-state index is 3.65. The summed E-state index contributed by atoms with van der Waals surface area (Å²) in [5, 5.41) is 0. The maximum Gasteiger partial charge on any atom is 0.0215 e. The molecule has 0 saturated carbocycles. The molecule has 0 unspecified atom stereocenters. The van der Waals surface area contributed by atoms with Crippen LogP contribution in [0.4, 0.5) is 0 Å². The third-order valence-electron chi connectivity index (χ3n) is 2.42. The number of hydrogen-bond donors (Lipinski definition) is 0. The van der Waals surface area contributed by atoms with Gasteiger partial charge in [0.05, 0.1) is 0 Å². The normalized spacial score (nSPS) is 12.2. The third-order valence-corrected chi connectivity index (χ3v) is 3.08. The van der Waals surface area contributed by atoms with E-state index in [-0.39, 0.29) is 5.41 Å². The van der Waals surface area contributed by atoms with Gasteiger partial charge in [-0.25, -0.2) is 0 Å². The second kappa shape index (κ2) is 4.06. The molecule has 0 N–H and O–H groups in total. The maximum atomic E-state index is 3.65. The molecular weight excluding hydrogens is 236 g/mol. The van der Waals surface area contributed by atoms with Gasteiger partial charge in [0.2, 0.25) is 0 Å². The minimum absolute atomic E-state index is 0.208. The summed E-state index contributed by atoms with van der Waals surface area (Å²) in [5.74, 6) is 0.585. The number of benzene rings is 1. The molecule has 1 rings (SSSR count). The van der Waals surface area contributed by atoms with Crippen LogP contribution in [0.2, 0.25) is 0 Å². The lowest BCUT2D eigenvalue weighted by molar-refractivity contribution is 0.574. The van der Waals surface area contributed by atoms with Gasteiger partial charge in [-0.05, 0) is 28.5 Å². The standard InChI is InChI=1S/C13H19Br/c1-9(2)10-7-6-8-11(14)12(10)13(3,4)5/h6-9H,1-5H3. The number of halogens is 1. The predicted octanol–water partition coefficient (Wildman–Crippen LogP) is 4.87. The molecule has 1 aromatic rings. The molecule has 78 valence electrons. The van der Waals surface area contributed by atoms with Gasteiger partial charge in [0.15, 0.2) is 0 Å². The molecule has 14 heavy (non-hydrogen) atoms. The highest BCUT2D eigenvalue weighted by molar-refractivity contribution is 9.10. The second-order valence-electron chi connectivity index (χ2n) is 5.11. The summed E-state index contributed by atoms with van der Waals surface area (Å²) in [6, 6.07) is 6.48. The van der Waals surface area contributed by atoms with Gasteiger partial charge in [0.25, 0.3) is 0 Å². The Morgan fingerprint density at radius 2 is 1.71 bits per heavy atom. The van der Waals surface area contributed by atoms with Crippen molar-refractivity contribution in [1.29, 1.82) is 0 Å². The highest BCUT2D eigenvalue weighted by Gasteiger charge is 2.21. The summed E-state index contributed by atoms with van der Waals surface area (Å²) in [6.07, 6.45) is 0. The first-order valence-corrected chi connectivity index (χ1v) is 5.92. The van der Waals surface area contributed by atoms with Crippen molar-refractivity contribution in [2.24, 2.45) is 0 Å². The van der Waals surface area contributed by atoms with E-state index in [0.29, 0.717) is 5.92 Å². The van der Waals surface area contributed by atoms with E-state index in [4.69, 9.17) is 0 Å². The van der Waals surface area contributed by atoms with Crippen LogP contribution < -0.4 is 0 Å². The Kier molecular flexibility index (Phi) is 3.41. The predicted molar refractivity (Wildman–Crippen MR) is 66.9 cm³/mol. The quantitative estimate of drug-likeness (QED) is 0.671. The first kappa shape index (κ1) is 11.8. The fourth-order valence-electron chi connectivity index (χ4n) is 1.81. The Hall–Kier alpha value is -0.300. The molecule has 0 radical (unpaired) electrons. The van der Waals surface area contributed by atoms with Gasteiger partial charge in [-0.2, -0.15) is 0 Å². The molecule has 0 saturated heterocycles. The molecule has 0 aliphatic heterocycles. The Morgan fingerprint density at radius 1 is 1.14 bits per heavy atom. The van der Waals surface area contributed by atoms with E-state index >= 15 is 0 Å². The number of hydrogen-bond acceptors (Lipinski definition) is 0. The van der Waals surface area contributed by atoms with Crippen molar-refractivity contribution in [3.63, 3.8) is 0 Å². The topological polar surface area (TPSA) is 0 Å². The van der Waals surface area contributed by atoms with E-state index in [2.05, 4.69) is 68.7 Å². The van der Waals surface area contributed by atoms with Crippen molar-refractivity contribution in [3.8, 4) is 0 Å². The molecule has 0 fully saturated rings. The summed E-state index contributed by atoms with van der Waals surface area (Å²) in [7, 11) is 0. The second-order valence-corrected chi connectivity index (χ2v) is 5.96. The smallest absolute Gasteiger partial charge is 0.0215 e. The summed E-state index contributed by atoms with van der Waals surface area (Å²) >= 11 is 3.65. The molecule has 0 nitrogen and oxygen atoms in total. The summed E-state index contributed by atoms with van der Waals surface area (Å²) in [6.45, 7) is 11.3. The largest absolute Gasteiger partial charge is 0.0608 e. The highest BCUT2D eigenvalue weighted by Crippen LogP contribution is 2.35. The first-order valence-electron chi connectivity index (χ1n) is 5.13. The van der Waals surface area contributed by atoms with Crippen LogP contribution in [0.25, 0.3) is 0 Å². The zero-order valence-corrected chi connectivity index (χ0v) is 11.3. The zero-order valence-electron chi connectivity index (χ0n) is 9.69. The van der Waals surface area contributed by atoms with Crippen LogP contribution in [0.3, 0.4) is 0 Å². The summed E-state index contributed by atoms with van der Waals surface area (Å²) < 4.78 is 1.23. The minimum Gasteiger partial charge on any atom is -0.0608 e.